The normalized spacial score (nSPS) is 16.9. The predicted octanol–water partition coefficient (Wildman–Crippen LogP) is 7.02. The molecule has 2 N–H and O–H groups in total. The largest absolute Gasteiger partial charge is 0.494 e. The third-order valence-corrected chi connectivity index (χ3v) is 9.30. The number of carbonyl (C=O) groups is 2. The number of likely N-dealkylation sites (tertiary alicyclic amines) is 1. The molecule has 2 amide bonds. The molecule has 7 nitrogen and oxygen atoms in total. The maximum Gasteiger partial charge on any atom is 0.410 e. The van der Waals surface area contributed by atoms with E-state index in [0.717, 1.165) is 37.9 Å². The van der Waals surface area contributed by atoms with Gasteiger partial charge in [0.05, 0.1) is 6.61 Å². The average molecular weight is 598 g/mol. The van der Waals surface area contributed by atoms with Crippen molar-refractivity contribution in [3.8, 4) is 5.75 Å². The molecule has 2 aliphatic rings. The highest BCUT2D eigenvalue weighted by Crippen LogP contribution is 2.37. The molecule has 2 fully saturated rings. The number of nitrogens with zero attached hydrogens (tertiary/aromatic N) is 2. The zero-order valence-corrected chi connectivity index (χ0v) is 25.8. The number of nitrogens with two attached hydrogens (primary N) is 1. The van der Waals surface area contributed by atoms with Crippen molar-refractivity contribution in [3.05, 3.63) is 102 Å². The zero-order valence-electron chi connectivity index (χ0n) is 25.8. The lowest BCUT2D eigenvalue weighted by molar-refractivity contribution is 0.0615. The average Bonchev–Trinajstić information content (AvgIpc) is 3.08. The predicted molar refractivity (Wildman–Crippen MR) is 174 cm³/mol. The molecule has 3 aromatic carbocycles. The molecule has 1 saturated carbocycles. The van der Waals surface area contributed by atoms with Gasteiger partial charge in [0.25, 0.3) is 0 Å². The van der Waals surface area contributed by atoms with Crippen LogP contribution in [0.1, 0.15) is 78.8 Å². The highest BCUT2D eigenvalue weighted by Gasteiger charge is 2.32. The topological polar surface area (TPSA) is 85.1 Å². The molecule has 1 heterocycles. The molecule has 234 valence electrons. The first-order valence-corrected chi connectivity index (χ1v) is 16.3. The smallest absolute Gasteiger partial charge is 0.410 e. The van der Waals surface area contributed by atoms with Crippen LogP contribution < -0.4 is 10.5 Å². The van der Waals surface area contributed by atoms with Gasteiger partial charge < -0.3 is 20.1 Å². The molecular weight excluding hydrogens is 550 g/mol. The van der Waals surface area contributed by atoms with Gasteiger partial charge in [0.2, 0.25) is 5.91 Å². The molecule has 1 unspecified atom stereocenters. The summed E-state index contributed by atoms with van der Waals surface area (Å²) < 4.78 is 11.7. The van der Waals surface area contributed by atoms with Crippen LogP contribution in [0.25, 0.3) is 0 Å². The zero-order chi connectivity index (χ0) is 30.6. The molecule has 0 spiro atoms. The second-order valence-electron chi connectivity index (χ2n) is 12.3. The van der Waals surface area contributed by atoms with Gasteiger partial charge in [0, 0.05) is 37.8 Å². The van der Waals surface area contributed by atoms with Crippen LogP contribution >= 0.6 is 0 Å². The van der Waals surface area contributed by atoms with Crippen molar-refractivity contribution in [3.63, 3.8) is 0 Å². The van der Waals surface area contributed by atoms with Gasteiger partial charge in [-0.3, -0.25) is 9.69 Å². The van der Waals surface area contributed by atoms with E-state index >= 15 is 0 Å². The van der Waals surface area contributed by atoms with Crippen LogP contribution in [0.2, 0.25) is 0 Å². The van der Waals surface area contributed by atoms with Crippen molar-refractivity contribution in [1.29, 1.82) is 0 Å². The summed E-state index contributed by atoms with van der Waals surface area (Å²) in [4.78, 5) is 29.0. The summed E-state index contributed by atoms with van der Waals surface area (Å²) in [6.07, 6.45) is 9.04. The molecular formula is C37H47N3O4. The summed E-state index contributed by atoms with van der Waals surface area (Å²) >= 11 is 0. The van der Waals surface area contributed by atoms with E-state index in [1.54, 1.807) is 18.2 Å². The van der Waals surface area contributed by atoms with Crippen molar-refractivity contribution in [2.24, 2.45) is 11.7 Å². The number of carbonyl (C=O) groups excluding carboxylic acids is 2. The Hall–Kier alpha value is -3.84. The third kappa shape index (κ3) is 9.08. The molecule has 1 aliphatic heterocycles. The maximum atomic E-state index is 12.9. The molecule has 44 heavy (non-hydrogen) atoms. The first-order chi connectivity index (χ1) is 21.6. The molecule has 1 atom stereocenters. The van der Waals surface area contributed by atoms with Gasteiger partial charge in [-0.15, -0.1) is 0 Å². The molecule has 3 aromatic rings. The van der Waals surface area contributed by atoms with Gasteiger partial charge in [-0.2, -0.15) is 0 Å². The fourth-order valence-corrected chi connectivity index (χ4v) is 6.86. The summed E-state index contributed by atoms with van der Waals surface area (Å²) in [7, 11) is 0. The van der Waals surface area contributed by atoms with Crippen LogP contribution in [-0.2, 0) is 11.3 Å². The standard InChI is InChI=1S/C37H47N3O4/c38-36(41)32-18-10-19-34(26-32)43-25-11-22-40(27-35(30-14-6-2-7-15-30)31-16-8-3-9-17-31)33-20-23-39(24-21-33)37(42)44-28-29-12-4-1-5-13-29/h1-2,4-7,10,12-15,18-19,26,31,33,35H,3,8-9,11,16-17,20-25,27-28H2,(H2,38,41). The molecule has 1 aliphatic carbocycles. The second-order valence-corrected chi connectivity index (χ2v) is 12.3. The lowest BCUT2D eigenvalue weighted by atomic mass is 9.76. The Bertz CT molecular complexity index is 1300. The number of ether oxygens (including phenoxy) is 2. The van der Waals surface area contributed by atoms with Crippen LogP contribution in [0, 0.1) is 5.92 Å². The molecule has 5 rings (SSSR count). The van der Waals surface area contributed by atoms with Gasteiger partial charge in [0.1, 0.15) is 12.4 Å². The van der Waals surface area contributed by atoms with Crippen molar-refractivity contribution in [2.45, 2.75) is 69.9 Å². The lowest BCUT2D eigenvalue weighted by Crippen LogP contribution is -2.48. The number of hydrogen-bond acceptors (Lipinski definition) is 5. The highest BCUT2D eigenvalue weighted by molar-refractivity contribution is 5.93. The summed E-state index contributed by atoms with van der Waals surface area (Å²) in [5.41, 5.74) is 8.34. The Morgan fingerprint density at radius 1 is 0.864 bits per heavy atom. The minimum atomic E-state index is -0.452. The Labute approximate surface area is 262 Å². The van der Waals surface area contributed by atoms with Gasteiger partial charge >= 0.3 is 6.09 Å². The van der Waals surface area contributed by atoms with E-state index in [1.807, 2.05) is 41.3 Å². The summed E-state index contributed by atoms with van der Waals surface area (Å²) in [5, 5.41) is 0. The second kappa shape index (κ2) is 16.3. The number of benzene rings is 3. The number of hydrogen-bond donors (Lipinski definition) is 1. The molecule has 1 saturated heterocycles. The van der Waals surface area contributed by atoms with Crippen LogP contribution in [0.3, 0.4) is 0 Å². The first-order valence-electron chi connectivity index (χ1n) is 16.3. The fraction of sp³-hybridized carbons (Fsp3) is 0.459. The number of rotatable bonds is 13. The summed E-state index contributed by atoms with van der Waals surface area (Å²) in [6.45, 7) is 4.18. The van der Waals surface area contributed by atoms with Crippen LogP contribution in [0.15, 0.2) is 84.9 Å². The van der Waals surface area contributed by atoms with Crippen molar-refractivity contribution in [2.75, 3.05) is 32.8 Å². The van der Waals surface area contributed by atoms with Crippen LogP contribution in [-0.4, -0.2) is 60.6 Å². The fourth-order valence-electron chi connectivity index (χ4n) is 6.86. The van der Waals surface area contributed by atoms with Gasteiger partial charge in [-0.25, -0.2) is 4.79 Å². The SMILES string of the molecule is NC(=O)c1cccc(OCCCN(CC(c2ccccc2)C2CCCCC2)C2CCN(C(=O)OCc3ccccc3)CC2)c1. The van der Waals surface area contributed by atoms with Crippen LogP contribution in [0.5, 0.6) is 5.75 Å². The third-order valence-electron chi connectivity index (χ3n) is 9.30. The van der Waals surface area contributed by atoms with Crippen molar-refractivity contribution in [1.82, 2.24) is 9.80 Å². The summed E-state index contributed by atoms with van der Waals surface area (Å²) in [5.74, 6) is 1.39. The van der Waals surface area contributed by atoms with E-state index in [4.69, 9.17) is 15.2 Å². The molecule has 0 bridgehead atoms. The van der Waals surface area contributed by atoms with Gasteiger partial charge in [0.15, 0.2) is 0 Å². The summed E-state index contributed by atoms with van der Waals surface area (Å²) in [6, 6.07) is 28.4. The highest BCUT2D eigenvalue weighted by atomic mass is 16.6. The Balaban J connectivity index is 1.22. The Morgan fingerprint density at radius 3 is 2.27 bits per heavy atom. The van der Waals surface area contributed by atoms with Crippen molar-refractivity contribution >= 4 is 12.0 Å². The van der Waals surface area contributed by atoms with Gasteiger partial charge in [-0.1, -0.05) is 86.0 Å². The van der Waals surface area contributed by atoms with E-state index in [0.29, 0.717) is 55.5 Å². The van der Waals surface area contributed by atoms with Gasteiger partial charge in [-0.05, 0) is 73.3 Å². The first kappa shape index (κ1) is 31.6. The minimum absolute atomic E-state index is 0.227. The van der Waals surface area contributed by atoms with Crippen LogP contribution in [0.4, 0.5) is 4.79 Å². The Morgan fingerprint density at radius 2 is 1.57 bits per heavy atom. The maximum absolute atomic E-state index is 12.9. The lowest BCUT2D eigenvalue weighted by Gasteiger charge is -2.41. The van der Waals surface area contributed by atoms with E-state index in [1.165, 1.54) is 37.7 Å². The number of primary amides is 1. The minimum Gasteiger partial charge on any atom is -0.494 e. The van der Waals surface area contributed by atoms with E-state index < -0.39 is 5.91 Å². The number of amides is 2. The molecule has 0 radical (unpaired) electrons. The monoisotopic (exact) mass is 597 g/mol. The van der Waals surface area contributed by atoms with E-state index in [-0.39, 0.29) is 6.09 Å². The van der Waals surface area contributed by atoms with Crippen molar-refractivity contribution < 1.29 is 19.1 Å². The molecule has 7 heteroatoms. The van der Waals surface area contributed by atoms with E-state index in [9.17, 15) is 9.59 Å². The number of piperidine rings is 1. The molecule has 0 aromatic heterocycles. The quantitative estimate of drug-likeness (QED) is 0.214. The Kier molecular flexibility index (Phi) is 11.7. The van der Waals surface area contributed by atoms with E-state index in [2.05, 4.69) is 35.2 Å².